The van der Waals surface area contributed by atoms with Crippen LogP contribution in [-0.2, 0) is 0 Å². The van der Waals surface area contributed by atoms with Crippen LogP contribution >= 0.6 is 11.6 Å². The lowest BCUT2D eigenvalue weighted by molar-refractivity contribution is 0.0866. The van der Waals surface area contributed by atoms with Crippen molar-refractivity contribution in [2.24, 2.45) is 11.8 Å². The van der Waals surface area contributed by atoms with Crippen molar-refractivity contribution >= 4 is 17.4 Å². The normalized spacial score (nSPS) is 24.6. The third kappa shape index (κ3) is 3.06. The summed E-state index contributed by atoms with van der Waals surface area (Å²) in [6.07, 6.45) is 7.18. The highest BCUT2D eigenvalue weighted by Crippen LogP contribution is 2.32. The molecule has 1 aliphatic carbocycles. The molecule has 92 valence electrons. The lowest BCUT2D eigenvalue weighted by Crippen LogP contribution is -2.22. The molecule has 0 bridgehead atoms. The number of halogens is 1. The second-order valence-corrected chi connectivity index (χ2v) is 5.29. The molecule has 3 heteroatoms. The topological polar surface area (TPSA) is 30.0 Å². The van der Waals surface area contributed by atoms with Crippen molar-refractivity contribution in [1.82, 2.24) is 4.98 Å². The maximum absolute atomic E-state index is 12.2. The highest BCUT2D eigenvalue weighted by atomic mass is 35.5. The van der Waals surface area contributed by atoms with E-state index in [2.05, 4.69) is 11.9 Å². The van der Waals surface area contributed by atoms with Crippen LogP contribution in [0.1, 0.15) is 49.5 Å². The van der Waals surface area contributed by atoms with E-state index >= 15 is 0 Å². The van der Waals surface area contributed by atoms with Gasteiger partial charge in [0, 0.05) is 12.1 Å². The first kappa shape index (κ1) is 12.6. The first-order valence-electron chi connectivity index (χ1n) is 6.36. The standard InChI is InChI=1S/C14H18ClNO/c1-2-10-3-5-11(6-4-10)14(17)13-8-7-12(15)9-16-13/h7-11H,2-6H2,1H3. The molecule has 0 amide bonds. The molecule has 1 fully saturated rings. The van der Waals surface area contributed by atoms with E-state index in [0.29, 0.717) is 10.7 Å². The number of pyridine rings is 1. The molecule has 0 saturated heterocycles. The predicted octanol–water partition coefficient (Wildman–Crippen LogP) is 4.13. The van der Waals surface area contributed by atoms with E-state index < -0.39 is 0 Å². The van der Waals surface area contributed by atoms with Crippen LogP contribution < -0.4 is 0 Å². The summed E-state index contributed by atoms with van der Waals surface area (Å²) in [4.78, 5) is 16.3. The van der Waals surface area contributed by atoms with Crippen molar-refractivity contribution in [3.8, 4) is 0 Å². The first-order valence-corrected chi connectivity index (χ1v) is 6.74. The number of nitrogens with zero attached hydrogens (tertiary/aromatic N) is 1. The summed E-state index contributed by atoms with van der Waals surface area (Å²) in [7, 11) is 0. The van der Waals surface area contributed by atoms with Gasteiger partial charge in [-0.25, -0.2) is 0 Å². The summed E-state index contributed by atoms with van der Waals surface area (Å²) in [5.74, 6) is 1.18. The number of carbonyl (C=O) groups is 1. The number of Topliss-reactive ketones (excluding diaryl/α,β-unsaturated/α-hetero) is 1. The van der Waals surface area contributed by atoms with Gasteiger partial charge >= 0.3 is 0 Å². The first-order chi connectivity index (χ1) is 8.20. The van der Waals surface area contributed by atoms with Crippen molar-refractivity contribution in [3.63, 3.8) is 0 Å². The number of carbonyl (C=O) groups excluding carboxylic acids is 1. The summed E-state index contributed by atoms with van der Waals surface area (Å²) in [5.41, 5.74) is 0.564. The Kier molecular flexibility index (Phi) is 4.16. The fourth-order valence-corrected chi connectivity index (χ4v) is 2.68. The summed E-state index contributed by atoms with van der Waals surface area (Å²) in [5, 5.41) is 0.580. The van der Waals surface area contributed by atoms with Gasteiger partial charge in [-0.15, -0.1) is 0 Å². The Labute approximate surface area is 107 Å². The average Bonchev–Trinajstić information content (AvgIpc) is 2.39. The lowest BCUT2D eigenvalue weighted by atomic mass is 9.78. The van der Waals surface area contributed by atoms with Crippen LogP contribution in [0.25, 0.3) is 0 Å². The largest absolute Gasteiger partial charge is 0.292 e. The van der Waals surface area contributed by atoms with Gasteiger partial charge in [0.15, 0.2) is 5.78 Å². The van der Waals surface area contributed by atoms with Gasteiger partial charge in [0.05, 0.1) is 5.02 Å². The molecule has 2 nitrogen and oxygen atoms in total. The molecule has 0 spiro atoms. The Hall–Kier alpha value is -0.890. The minimum Gasteiger partial charge on any atom is -0.292 e. The Morgan fingerprint density at radius 2 is 2.06 bits per heavy atom. The van der Waals surface area contributed by atoms with Crippen molar-refractivity contribution in [2.75, 3.05) is 0 Å². The molecule has 0 radical (unpaired) electrons. The highest BCUT2D eigenvalue weighted by Gasteiger charge is 2.26. The van der Waals surface area contributed by atoms with Gasteiger partial charge in [0.1, 0.15) is 5.69 Å². The Morgan fingerprint density at radius 3 is 2.59 bits per heavy atom. The van der Waals surface area contributed by atoms with Gasteiger partial charge in [-0.2, -0.15) is 0 Å². The molecule has 1 aromatic heterocycles. The van der Waals surface area contributed by atoms with Crippen molar-refractivity contribution in [2.45, 2.75) is 39.0 Å². The summed E-state index contributed by atoms with van der Waals surface area (Å²) >= 11 is 5.77. The Bertz CT molecular complexity index is 380. The van der Waals surface area contributed by atoms with E-state index in [1.165, 1.54) is 19.3 Å². The van der Waals surface area contributed by atoms with Crippen LogP contribution in [0.3, 0.4) is 0 Å². The SMILES string of the molecule is CCC1CCC(C(=O)c2ccc(Cl)cn2)CC1. The van der Waals surface area contributed by atoms with Gasteiger partial charge in [0.2, 0.25) is 0 Å². The molecule has 1 aromatic rings. The number of aromatic nitrogens is 1. The zero-order valence-corrected chi connectivity index (χ0v) is 10.9. The van der Waals surface area contributed by atoms with Gasteiger partial charge in [-0.1, -0.05) is 24.9 Å². The molecular weight excluding hydrogens is 234 g/mol. The maximum atomic E-state index is 12.2. The summed E-state index contributed by atoms with van der Waals surface area (Å²) in [6, 6.07) is 3.47. The van der Waals surface area contributed by atoms with Gasteiger partial charge < -0.3 is 0 Å². The van der Waals surface area contributed by atoms with Crippen molar-refractivity contribution in [1.29, 1.82) is 0 Å². The lowest BCUT2D eigenvalue weighted by Gasteiger charge is -2.26. The number of ketones is 1. The molecule has 0 N–H and O–H groups in total. The molecule has 1 aliphatic rings. The zero-order chi connectivity index (χ0) is 12.3. The monoisotopic (exact) mass is 251 g/mol. The fourth-order valence-electron chi connectivity index (χ4n) is 2.56. The average molecular weight is 252 g/mol. The third-order valence-corrected chi connectivity index (χ3v) is 4.00. The fraction of sp³-hybridized carbons (Fsp3) is 0.571. The maximum Gasteiger partial charge on any atom is 0.184 e. The zero-order valence-electron chi connectivity index (χ0n) is 10.2. The number of hydrogen-bond acceptors (Lipinski definition) is 2. The van der Waals surface area contributed by atoms with Crippen molar-refractivity contribution < 1.29 is 4.79 Å². The van der Waals surface area contributed by atoms with Crippen LogP contribution in [0.2, 0.25) is 5.02 Å². The van der Waals surface area contributed by atoms with E-state index in [9.17, 15) is 4.79 Å². The van der Waals surface area contributed by atoms with Crippen LogP contribution in [-0.4, -0.2) is 10.8 Å². The quantitative estimate of drug-likeness (QED) is 0.756. The number of rotatable bonds is 3. The predicted molar refractivity (Wildman–Crippen MR) is 69.3 cm³/mol. The minimum absolute atomic E-state index is 0.173. The number of hydrogen-bond donors (Lipinski definition) is 0. The van der Waals surface area contributed by atoms with Gasteiger partial charge in [-0.3, -0.25) is 9.78 Å². The van der Waals surface area contributed by atoms with E-state index in [0.717, 1.165) is 18.8 Å². The van der Waals surface area contributed by atoms with E-state index in [1.807, 2.05) is 0 Å². The van der Waals surface area contributed by atoms with Crippen LogP contribution in [0.4, 0.5) is 0 Å². The second kappa shape index (κ2) is 5.63. The van der Waals surface area contributed by atoms with Gasteiger partial charge in [-0.05, 0) is 43.7 Å². The highest BCUT2D eigenvalue weighted by molar-refractivity contribution is 6.30. The molecule has 0 atom stereocenters. The molecule has 1 saturated carbocycles. The Balaban J connectivity index is 1.99. The molecule has 0 aromatic carbocycles. The molecule has 0 aliphatic heterocycles. The van der Waals surface area contributed by atoms with Crippen LogP contribution in [0.5, 0.6) is 0 Å². The van der Waals surface area contributed by atoms with Crippen LogP contribution in [0.15, 0.2) is 18.3 Å². The van der Waals surface area contributed by atoms with Crippen LogP contribution in [0, 0.1) is 11.8 Å². The van der Waals surface area contributed by atoms with Gasteiger partial charge in [0.25, 0.3) is 0 Å². The van der Waals surface area contributed by atoms with E-state index in [-0.39, 0.29) is 11.7 Å². The van der Waals surface area contributed by atoms with E-state index in [1.54, 1.807) is 18.3 Å². The molecule has 17 heavy (non-hydrogen) atoms. The minimum atomic E-state index is 0.173. The Morgan fingerprint density at radius 1 is 1.35 bits per heavy atom. The smallest absolute Gasteiger partial charge is 0.184 e. The second-order valence-electron chi connectivity index (χ2n) is 4.85. The molecule has 1 heterocycles. The summed E-state index contributed by atoms with van der Waals surface area (Å²) < 4.78 is 0. The third-order valence-electron chi connectivity index (χ3n) is 3.77. The molecule has 2 rings (SSSR count). The van der Waals surface area contributed by atoms with Crippen molar-refractivity contribution in [3.05, 3.63) is 29.0 Å². The molecular formula is C14H18ClNO. The van der Waals surface area contributed by atoms with E-state index in [4.69, 9.17) is 11.6 Å². The molecule has 0 unspecified atom stereocenters. The summed E-state index contributed by atoms with van der Waals surface area (Å²) in [6.45, 7) is 2.23.